The molecule has 6 nitrogen and oxygen atoms in total. The largest absolute Gasteiger partial charge is 0.465 e. The number of ether oxygens (including phenoxy) is 1. The quantitative estimate of drug-likeness (QED) is 0.759. The van der Waals surface area contributed by atoms with Gasteiger partial charge in [0.25, 0.3) is 0 Å². The molecule has 1 saturated carbocycles. The number of carbonyl (C=O) groups excluding carboxylic acids is 2. The molecule has 0 aliphatic heterocycles. The van der Waals surface area contributed by atoms with Crippen molar-refractivity contribution in [3.63, 3.8) is 0 Å². The molecule has 0 aromatic carbocycles. The van der Waals surface area contributed by atoms with Crippen molar-refractivity contribution < 1.29 is 14.3 Å². The predicted octanol–water partition coefficient (Wildman–Crippen LogP) is 1.49. The maximum Gasteiger partial charge on any atom is 0.325 e. The highest BCUT2D eigenvalue weighted by molar-refractivity contribution is 7.15. The van der Waals surface area contributed by atoms with Crippen molar-refractivity contribution in [3.8, 4) is 0 Å². The van der Waals surface area contributed by atoms with Gasteiger partial charge in [0.2, 0.25) is 5.91 Å². The zero-order chi connectivity index (χ0) is 14.8. The summed E-state index contributed by atoms with van der Waals surface area (Å²) in [7, 11) is 0. The summed E-state index contributed by atoms with van der Waals surface area (Å²) in [4.78, 5) is 30.9. The van der Waals surface area contributed by atoms with E-state index < -0.39 is 0 Å². The molecule has 0 saturated heterocycles. The Hall–Kier alpha value is -1.89. The maximum atomic E-state index is 12.4. The molecule has 0 unspecified atom stereocenters. The second-order valence-corrected chi connectivity index (χ2v) is 5.93. The van der Waals surface area contributed by atoms with Gasteiger partial charge in [0.15, 0.2) is 4.96 Å². The number of fused-ring (bicyclic) bond motifs is 1. The third-order valence-electron chi connectivity index (χ3n) is 3.39. The number of nitrogens with zero attached hydrogens (tertiary/aromatic N) is 3. The van der Waals surface area contributed by atoms with E-state index in [4.69, 9.17) is 4.74 Å². The lowest BCUT2D eigenvalue weighted by atomic mass is 10.3. The average Bonchev–Trinajstić information content (AvgIpc) is 3.06. The fourth-order valence-corrected chi connectivity index (χ4v) is 2.99. The van der Waals surface area contributed by atoms with E-state index >= 15 is 0 Å². The molecule has 1 fully saturated rings. The van der Waals surface area contributed by atoms with Crippen molar-refractivity contribution in [2.24, 2.45) is 0 Å². The van der Waals surface area contributed by atoms with Crippen LogP contribution < -0.4 is 0 Å². The van der Waals surface area contributed by atoms with Gasteiger partial charge in [0.1, 0.15) is 6.54 Å². The Labute approximate surface area is 126 Å². The molecular formula is C14H17N3O3S. The van der Waals surface area contributed by atoms with Crippen LogP contribution in [0.1, 0.15) is 25.5 Å². The lowest BCUT2D eigenvalue weighted by Crippen LogP contribution is -2.39. The molecule has 112 valence electrons. The van der Waals surface area contributed by atoms with Crippen LogP contribution in [0, 0.1) is 0 Å². The fourth-order valence-electron chi connectivity index (χ4n) is 2.27. The molecule has 21 heavy (non-hydrogen) atoms. The van der Waals surface area contributed by atoms with E-state index in [1.165, 1.54) is 11.3 Å². The second kappa shape index (κ2) is 5.85. The van der Waals surface area contributed by atoms with E-state index in [1.807, 2.05) is 22.2 Å². The van der Waals surface area contributed by atoms with Crippen molar-refractivity contribution in [2.45, 2.75) is 32.2 Å². The Morgan fingerprint density at radius 3 is 3.00 bits per heavy atom. The van der Waals surface area contributed by atoms with Gasteiger partial charge in [-0.3, -0.25) is 14.0 Å². The van der Waals surface area contributed by atoms with Crippen LogP contribution >= 0.6 is 11.3 Å². The molecule has 1 aliphatic carbocycles. The Morgan fingerprint density at radius 1 is 1.52 bits per heavy atom. The lowest BCUT2D eigenvalue weighted by Gasteiger charge is -2.20. The van der Waals surface area contributed by atoms with Gasteiger partial charge in [0.05, 0.1) is 18.7 Å². The molecule has 0 spiro atoms. The standard InChI is InChI=1S/C14H17N3O3S/c1-2-20-13(19)9-17(11-3-4-11)12(18)7-10-8-16-5-6-21-14(16)15-10/h5-6,8,11H,2-4,7,9H2,1H3. The molecule has 0 atom stereocenters. The monoisotopic (exact) mass is 307 g/mol. The molecule has 2 aromatic heterocycles. The van der Waals surface area contributed by atoms with Gasteiger partial charge < -0.3 is 9.64 Å². The van der Waals surface area contributed by atoms with Crippen LogP contribution in [0.3, 0.4) is 0 Å². The summed E-state index contributed by atoms with van der Waals surface area (Å²) >= 11 is 1.53. The SMILES string of the molecule is CCOC(=O)CN(C(=O)Cc1cn2ccsc2n1)C1CC1. The van der Waals surface area contributed by atoms with Crippen molar-refractivity contribution in [1.29, 1.82) is 0 Å². The van der Waals surface area contributed by atoms with Crippen LogP contribution in [0.25, 0.3) is 4.96 Å². The first-order valence-electron chi connectivity index (χ1n) is 7.03. The van der Waals surface area contributed by atoms with E-state index in [0.717, 1.165) is 23.5 Å². The molecule has 1 amide bonds. The van der Waals surface area contributed by atoms with E-state index in [1.54, 1.807) is 11.8 Å². The molecule has 1 aliphatic rings. The first-order valence-corrected chi connectivity index (χ1v) is 7.91. The number of amides is 1. The summed E-state index contributed by atoms with van der Waals surface area (Å²) in [5.41, 5.74) is 0.737. The average molecular weight is 307 g/mol. The van der Waals surface area contributed by atoms with Crippen molar-refractivity contribution in [2.75, 3.05) is 13.2 Å². The molecule has 7 heteroatoms. The highest BCUT2D eigenvalue weighted by Gasteiger charge is 2.34. The second-order valence-electron chi connectivity index (χ2n) is 5.06. The van der Waals surface area contributed by atoms with E-state index in [0.29, 0.717) is 6.61 Å². The number of rotatable bonds is 6. The number of aromatic nitrogens is 2. The zero-order valence-corrected chi connectivity index (χ0v) is 12.6. The normalized spacial score (nSPS) is 14.3. The molecule has 0 radical (unpaired) electrons. The van der Waals surface area contributed by atoms with Gasteiger partial charge in [-0.1, -0.05) is 0 Å². The molecule has 2 aromatic rings. The van der Waals surface area contributed by atoms with E-state index in [-0.39, 0.29) is 30.9 Å². The highest BCUT2D eigenvalue weighted by atomic mass is 32.1. The minimum Gasteiger partial charge on any atom is -0.465 e. The minimum absolute atomic E-state index is 0.0412. The number of carbonyl (C=O) groups is 2. The number of hydrogen-bond acceptors (Lipinski definition) is 5. The van der Waals surface area contributed by atoms with Crippen molar-refractivity contribution >= 4 is 28.2 Å². The molecule has 3 rings (SSSR count). The smallest absolute Gasteiger partial charge is 0.325 e. The summed E-state index contributed by atoms with van der Waals surface area (Å²) in [6.07, 6.45) is 5.93. The summed E-state index contributed by atoms with van der Waals surface area (Å²) in [6, 6.07) is 0.186. The van der Waals surface area contributed by atoms with Crippen LogP contribution in [0.2, 0.25) is 0 Å². The Kier molecular flexibility index (Phi) is 3.92. The van der Waals surface area contributed by atoms with Crippen LogP contribution in [-0.4, -0.2) is 45.4 Å². The first kappa shape index (κ1) is 14.1. The van der Waals surface area contributed by atoms with Gasteiger partial charge in [0, 0.05) is 23.8 Å². The van der Waals surface area contributed by atoms with E-state index in [2.05, 4.69) is 4.98 Å². The molecular weight excluding hydrogens is 290 g/mol. The predicted molar refractivity (Wildman–Crippen MR) is 78.1 cm³/mol. The number of hydrogen-bond donors (Lipinski definition) is 0. The number of thiazole rings is 1. The first-order chi connectivity index (χ1) is 10.2. The lowest BCUT2D eigenvalue weighted by molar-refractivity contribution is -0.149. The van der Waals surface area contributed by atoms with Gasteiger partial charge in [-0.05, 0) is 19.8 Å². The van der Waals surface area contributed by atoms with Crippen molar-refractivity contribution in [1.82, 2.24) is 14.3 Å². The Bertz CT molecular complexity index is 631. The fraction of sp³-hybridized carbons (Fsp3) is 0.500. The minimum atomic E-state index is -0.344. The topological polar surface area (TPSA) is 63.9 Å². The number of esters is 1. The van der Waals surface area contributed by atoms with Crippen LogP contribution in [0.5, 0.6) is 0 Å². The van der Waals surface area contributed by atoms with Crippen LogP contribution in [0.4, 0.5) is 0 Å². The number of imidazole rings is 1. The Balaban J connectivity index is 1.66. The van der Waals surface area contributed by atoms with Gasteiger partial charge >= 0.3 is 5.97 Å². The highest BCUT2D eigenvalue weighted by Crippen LogP contribution is 2.27. The van der Waals surface area contributed by atoms with Gasteiger partial charge in [-0.25, -0.2) is 4.98 Å². The summed E-state index contributed by atoms with van der Waals surface area (Å²) < 4.78 is 6.84. The molecule has 0 bridgehead atoms. The molecule has 2 heterocycles. The zero-order valence-electron chi connectivity index (χ0n) is 11.8. The van der Waals surface area contributed by atoms with Crippen LogP contribution in [0.15, 0.2) is 17.8 Å². The third-order valence-corrected chi connectivity index (χ3v) is 4.16. The van der Waals surface area contributed by atoms with Gasteiger partial charge in [-0.2, -0.15) is 0 Å². The summed E-state index contributed by atoms with van der Waals surface area (Å²) in [6.45, 7) is 2.14. The summed E-state index contributed by atoms with van der Waals surface area (Å²) in [5, 5.41) is 1.95. The van der Waals surface area contributed by atoms with E-state index in [9.17, 15) is 9.59 Å². The summed E-state index contributed by atoms with van der Waals surface area (Å²) in [5.74, 6) is -0.403. The van der Waals surface area contributed by atoms with Crippen molar-refractivity contribution in [3.05, 3.63) is 23.5 Å². The maximum absolute atomic E-state index is 12.4. The van der Waals surface area contributed by atoms with Crippen LogP contribution in [-0.2, 0) is 20.7 Å². The molecule has 0 N–H and O–H groups in total. The third kappa shape index (κ3) is 3.24. The van der Waals surface area contributed by atoms with Gasteiger partial charge in [-0.15, -0.1) is 11.3 Å². The Morgan fingerprint density at radius 2 is 2.33 bits per heavy atom.